The Balaban J connectivity index is 2.68. The van der Waals surface area contributed by atoms with Crippen LogP contribution in [-0.4, -0.2) is 10.2 Å². The van der Waals surface area contributed by atoms with Crippen molar-refractivity contribution in [2.45, 2.75) is 0 Å². The van der Waals surface area contributed by atoms with Gasteiger partial charge in [0.15, 0.2) is 12.4 Å². The van der Waals surface area contributed by atoms with Crippen molar-refractivity contribution in [2.75, 3.05) is 0 Å². The van der Waals surface area contributed by atoms with Crippen LogP contribution in [0.2, 0.25) is 0 Å². The van der Waals surface area contributed by atoms with Gasteiger partial charge in [0.05, 0.1) is 15.0 Å². The van der Waals surface area contributed by atoms with Gasteiger partial charge >= 0.3 is 0 Å². The number of halogens is 2. The molecule has 0 spiro atoms. The molecular weight excluding hydrogens is 338 g/mol. The first kappa shape index (κ1) is 11.4. The van der Waals surface area contributed by atoms with Crippen molar-refractivity contribution in [3.63, 3.8) is 0 Å². The predicted molar refractivity (Wildman–Crippen MR) is 66.7 cm³/mol. The Hall–Kier alpha value is -1.07. The second-order valence-corrected chi connectivity index (χ2v) is 4.76. The summed E-state index contributed by atoms with van der Waals surface area (Å²) in [5.41, 5.74) is 0.508. The summed E-state index contributed by atoms with van der Waals surface area (Å²) in [5, 5.41) is 19.6. The number of aromatic hydroxyl groups is 2. The Morgan fingerprint density at radius 2 is 1.56 bits per heavy atom. The van der Waals surface area contributed by atoms with E-state index in [0.717, 1.165) is 0 Å². The van der Waals surface area contributed by atoms with Gasteiger partial charge in [0.25, 0.3) is 5.69 Å². The Labute approximate surface area is 109 Å². The number of hydrogen-bond acceptors (Lipinski definition) is 2. The second kappa shape index (κ2) is 4.43. The van der Waals surface area contributed by atoms with E-state index in [0.29, 0.717) is 14.6 Å². The second-order valence-electron chi connectivity index (χ2n) is 3.17. The summed E-state index contributed by atoms with van der Waals surface area (Å²) in [6.45, 7) is 0. The molecule has 2 aromatic rings. The fraction of sp³-hybridized carbons (Fsp3) is 0. The van der Waals surface area contributed by atoms with E-state index in [4.69, 9.17) is 0 Å². The van der Waals surface area contributed by atoms with Crippen molar-refractivity contribution in [2.24, 2.45) is 0 Å². The third-order valence-corrected chi connectivity index (χ3v) is 4.24. The van der Waals surface area contributed by atoms with Crippen LogP contribution in [0.3, 0.4) is 0 Å². The highest BCUT2D eigenvalue weighted by molar-refractivity contribution is 9.13. The van der Waals surface area contributed by atoms with Gasteiger partial charge in [0.1, 0.15) is 5.75 Å². The van der Waals surface area contributed by atoms with E-state index in [9.17, 15) is 10.2 Å². The Morgan fingerprint density at radius 1 is 0.938 bits per heavy atom. The molecule has 0 aliphatic heterocycles. The summed E-state index contributed by atoms with van der Waals surface area (Å²) in [4.78, 5) is 0. The van der Waals surface area contributed by atoms with E-state index in [-0.39, 0.29) is 11.5 Å². The van der Waals surface area contributed by atoms with Gasteiger partial charge in [-0.1, -0.05) is 6.07 Å². The van der Waals surface area contributed by atoms with Crippen LogP contribution in [0.1, 0.15) is 0 Å². The van der Waals surface area contributed by atoms with Gasteiger partial charge < -0.3 is 10.2 Å². The maximum Gasteiger partial charge on any atom is 0.257 e. The topological polar surface area (TPSA) is 44.3 Å². The van der Waals surface area contributed by atoms with Gasteiger partial charge in [0.2, 0.25) is 5.75 Å². The molecule has 0 saturated carbocycles. The van der Waals surface area contributed by atoms with Crippen molar-refractivity contribution in [3.05, 3.63) is 45.6 Å². The maximum atomic E-state index is 9.95. The highest BCUT2D eigenvalue weighted by Crippen LogP contribution is 2.40. The number of benzene rings is 1. The molecule has 1 aromatic carbocycles. The van der Waals surface area contributed by atoms with E-state index < -0.39 is 0 Å². The number of phenolic OH excluding ortho intramolecular Hbond substituents is 2. The summed E-state index contributed by atoms with van der Waals surface area (Å²) < 4.78 is 2.58. The van der Waals surface area contributed by atoms with Gasteiger partial charge in [-0.15, -0.1) is 0 Å². The monoisotopic (exact) mass is 344 g/mol. The lowest BCUT2D eigenvalue weighted by atomic mass is 10.2. The SMILES string of the molecule is Oc1cc(-[n+]2ccccc2)c(O)c(Br)c1Br. The number of nitrogens with zero attached hydrogens (tertiary/aromatic N) is 1. The van der Waals surface area contributed by atoms with Crippen LogP contribution in [0.15, 0.2) is 45.6 Å². The molecular formula is C11H8Br2NO2+. The van der Waals surface area contributed by atoms with Gasteiger partial charge in [-0.3, -0.25) is 0 Å². The molecule has 0 atom stereocenters. The van der Waals surface area contributed by atoms with Crippen LogP contribution in [0.5, 0.6) is 11.5 Å². The molecule has 1 aromatic heterocycles. The highest BCUT2D eigenvalue weighted by atomic mass is 79.9. The zero-order chi connectivity index (χ0) is 11.7. The highest BCUT2D eigenvalue weighted by Gasteiger charge is 2.20. The van der Waals surface area contributed by atoms with Crippen LogP contribution in [0.25, 0.3) is 5.69 Å². The smallest absolute Gasteiger partial charge is 0.257 e. The molecule has 1 heterocycles. The third-order valence-electron chi connectivity index (χ3n) is 2.14. The third kappa shape index (κ3) is 1.92. The molecule has 0 bridgehead atoms. The number of rotatable bonds is 1. The summed E-state index contributed by atoms with van der Waals surface area (Å²) in [7, 11) is 0. The lowest BCUT2D eigenvalue weighted by Gasteiger charge is -2.05. The summed E-state index contributed by atoms with van der Waals surface area (Å²) in [6, 6.07) is 7.05. The van der Waals surface area contributed by atoms with Gasteiger partial charge in [-0.05, 0) is 31.9 Å². The van der Waals surface area contributed by atoms with Crippen LogP contribution in [-0.2, 0) is 0 Å². The van der Waals surface area contributed by atoms with Crippen molar-refractivity contribution in [1.82, 2.24) is 0 Å². The molecule has 0 radical (unpaired) electrons. The maximum absolute atomic E-state index is 9.95. The molecule has 5 heteroatoms. The molecule has 0 unspecified atom stereocenters. The molecule has 0 aliphatic rings. The molecule has 0 saturated heterocycles. The minimum atomic E-state index is 0.0658. The Kier molecular flexibility index (Phi) is 3.16. The number of pyridine rings is 1. The normalized spacial score (nSPS) is 10.4. The van der Waals surface area contributed by atoms with E-state index in [1.165, 1.54) is 6.07 Å². The van der Waals surface area contributed by atoms with E-state index in [1.54, 1.807) is 17.0 Å². The zero-order valence-electron chi connectivity index (χ0n) is 8.06. The van der Waals surface area contributed by atoms with Crippen LogP contribution in [0.4, 0.5) is 0 Å². The molecule has 0 aliphatic carbocycles. The molecule has 82 valence electrons. The largest absolute Gasteiger partial charge is 0.506 e. The zero-order valence-corrected chi connectivity index (χ0v) is 11.2. The fourth-order valence-corrected chi connectivity index (χ4v) is 2.05. The summed E-state index contributed by atoms with van der Waals surface area (Å²) in [6.07, 6.45) is 3.57. The van der Waals surface area contributed by atoms with Gasteiger partial charge in [0, 0.05) is 12.1 Å². The van der Waals surface area contributed by atoms with Crippen molar-refractivity contribution in [3.8, 4) is 17.2 Å². The van der Waals surface area contributed by atoms with E-state index in [1.807, 2.05) is 18.2 Å². The first-order valence-electron chi connectivity index (χ1n) is 4.48. The number of phenols is 2. The average Bonchev–Trinajstić information content (AvgIpc) is 2.32. The Morgan fingerprint density at radius 3 is 2.19 bits per heavy atom. The minimum Gasteiger partial charge on any atom is -0.506 e. The van der Waals surface area contributed by atoms with Gasteiger partial charge in [-0.25, -0.2) is 0 Å². The predicted octanol–water partition coefficient (Wildman–Crippen LogP) is 2.90. The average molecular weight is 346 g/mol. The van der Waals surface area contributed by atoms with Crippen molar-refractivity contribution in [1.29, 1.82) is 0 Å². The molecule has 0 fully saturated rings. The molecule has 16 heavy (non-hydrogen) atoms. The van der Waals surface area contributed by atoms with E-state index >= 15 is 0 Å². The first-order valence-corrected chi connectivity index (χ1v) is 6.06. The quantitative estimate of drug-likeness (QED) is 0.616. The molecule has 2 N–H and O–H groups in total. The summed E-state index contributed by atoms with van der Waals surface area (Å²) in [5.74, 6) is 0.136. The first-order chi connectivity index (χ1) is 7.61. The molecule has 2 rings (SSSR count). The number of hydrogen-bond donors (Lipinski definition) is 2. The van der Waals surface area contributed by atoms with Crippen molar-refractivity contribution < 1.29 is 14.8 Å². The molecule has 3 nitrogen and oxygen atoms in total. The van der Waals surface area contributed by atoms with Crippen LogP contribution < -0.4 is 4.57 Å². The fourth-order valence-electron chi connectivity index (χ4n) is 1.35. The lowest BCUT2D eigenvalue weighted by molar-refractivity contribution is -0.596. The van der Waals surface area contributed by atoms with Gasteiger partial charge in [-0.2, -0.15) is 4.57 Å². The number of aromatic nitrogens is 1. The Bertz CT molecular complexity index is 529. The van der Waals surface area contributed by atoms with Crippen LogP contribution in [0, 0.1) is 0 Å². The molecule has 0 amide bonds. The van der Waals surface area contributed by atoms with Crippen molar-refractivity contribution >= 4 is 31.9 Å². The van der Waals surface area contributed by atoms with Crippen LogP contribution >= 0.6 is 31.9 Å². The van der Waals surface area contributed by atoms with E-state index in [2.05, 4.69) is 31.9 Å². The lowest BCUT2D eigenvalue weighted by Crippen LogP contribution is -2.29. The standard InChI is InChI=1S/C11H7Br2NO2/c12-9-8(15)6-7(11(16)10(9)13)14-4-2-1-3-5-14/h1-6H,(H-,15,16)/p+1. The summed E-state index contributed by atoms with van der Waals surface area (Å²) >= 11 is 6.38. The minimum absolute atomic E-state index is 0.0658.